The molecular weight excluding hydrogens is 416 g/mol. The van der Waals surface area contributed by atoms with Crippen LogP contribution < -0.4 is 0 Å². The Bertz CT molecular complexity index is 956. The molecule has 3 aliphatic carbocycles. The lowest BCUT2D eigenvalue weighted by atomic mass is 9.54. The predicted octanol–water partition coefficient (Wildman–Crippen LogP) is 5.29. The minimum atomic E-state index is -0.901. The summed E-state index contributed by atoms with van der Waals surface area (Å²) >= 11 is 0. The number of esters is 2. The monoisotopic (exact) mass is 456 g/mol. The first-order valence-corrected chi connectivity index (χ1v) is 12.5. The van der Waals surface area contributed by atoms with Crippen LogP contribution in [0.2, 0.25) is 0 Å². The van der Waals surface area contributed by atoms with Gasteiger partial charge >= 0.3 is 11.9 Å². The minimum Gasteiger partial charge on any atom is -0.508 e. The average molecular weight is 457 g/mol. The van der Waals surface area contributed by atoms with Gasteiger partial charge in [0.1, 0.15) is 5.75 Å². The van der Waals surface area contributed by atoms with E-state index >= 15 is 0 Å². The Kier molecular flexibility index (Phi) is 5.96. The molecule has 5 nitrogen and oxygen atoms in total. The molecule has 33 heavy (non-hydrogen) atoms. The molecule has 0 spiro atoms. The van der Waals surface area contributed by atoms with Crippen LogP contribution in [0.5, 0.6) is 5.75 Å². The molecule has 0 amide bonds. The second kappa shape index (κ2) is 8.11. The number of benzene rings is 1. The highest BCUT2D eigenvalue weighted by Gasteiger charge is 2.54. The van der Waals surface area contributed by atoms with Crippen molar-refractivity contribution in [3.8, 4) is 5.75 Å². The molecule has 0 saturated heterocycles. The summed E-state index contributed by atoms with van der Waals surface area (Å²) in [7, 11) is 0. The molecule has 2 fully saturated rings. The smallest absolute Gasteiger partial charge is 0.319 e. The molecule has 0 aromatic heterocycles. The minimum absolute atomic E-state index is 0.00610. The van der Waals surface area contributed by atoms with Crippen molar-refractivity contribution >= 4 is 11.9 Å². The Balaban J connectivity index is 1.64. The van der Waals surface area contributed by atoms with Gasteiger partial charge in [0.15, 0.2) is 0 Å². The molecule has 182 valence electrons. The van der Waals surface area contributed by atoms with Crippen molar-refractivity contribution < 1.29 is 24.5 Å². The van der Waals surface area contributed by atoms with E-state index in [0.29, 0.717) is 24.2 Å². The highest BCUT2D eigenvalue weighted by molar-refractivity contribution is 5.90. The van der Waals surface area contributed by atoms with Crippen LogP contribution in [0.3, 0.4) is 0 Å². The number of phenolic OH excluding ortho intramolecular Hbond substituents is 1. The van der Waals surface area contributed by atoms with E-state index in [-0.39, 0.29) is 17.3 Å². The molecule has 3 aliphatic rings. The number of ether oxygens (including phenoxy) is 1. The number of rotatable bonds is 3. The molecule has 1 aromatic carbocycles. The fourth-order valence-electron chi connectivity index (χ4n) is 6.86. The maximum Gasteiger partial charge on any atom is 0.319 e. The van der Waals surface area contributed by atoms with Gasteiger partial charge in [0.05, 0.1) is 16.9 Å². The summed E-state index contributed by atoms with van der Waals surface area (Å²) in [5, 5.41) is 21.2. The van der Waals surface area contributed by atoms with Gasteiger partial charge in [-0.25, -0.2) is 0 Å². The van der Waals surface area contributed by atoms with Crippen molar-refractivity contribution in [2.45, 2.75) is 98.5 Å². The number of hydrogen-bond donors (Lipinski definition) is 2. The zero-order chi connectivity index (χ0) is 24.3. The predicted molar refractivity (Wildman–Crippen MR) is 127 cm³/mol. The number of carbonyl (C=O) groups excluding carboxylic acids is 2. The van der Waals surface area contributed by atoms with Crippen LogP contribution in [-0.4, -0.2) is 28.3 Å². The van der Waals surface area contributed by atoms with E-state index in [1.807, 2.05) is 19.9 Å². The topological polar surface area (TPSA) is 83.8 Å². The molecular formula is C28H40O5. The highest BCUT2D eigenvalue weighted by atomic mass is 16.6. The van der Waals surface area contributed by atoms with E-state index in [4.69, 9.17) is 4.74 Å². The zero-order valence-electron chi connectivity index (χ0n) is 21.0. The Hall–Kier alpha value is -1.88. The van der Waals surface area contributed by atoms with Crippen molar-refractivity contribution in [2.75, 3.05) is 0 Å². The molecule has 5 heteroatoms. The lowest BCUT2D eigenvalue weighted by molar-refractivity contribution is -0.171. The summed E-state index contributed by atoms with van der Waals surface area (Å²) in [5.41, 5.74) is 1.82. The van der Waals surface area contributed by atoms with E-state index in [1.165, 1.54) is 11.1 Å². The normalized spacial score (nSPS) is 31.4. The fraction of sp³-hybridized carbons (Fsp3) is 0.714. The summed E-state index contributed by atoms with van der Waals surface area (Å²) in [6.45, 7) is 11.1. The van der Waals surface area contributed by atoms with E-state index in [9.17, 15) is 19.8 Å². The first kappa shape index (κ1) is 24.3. The number of carbonyl (C=O) groups is 2. The molecule has 1 aromatic rings. The first-order chi connectivity index (χ1) is 15.2. The van der Waals surface area contributed by atoms with Crippen molar-refractivity contribution in [1.29, 1.82) is 0 Å². The van der Waals surface area contributed by atoms with E-state index in [1.54, 1.807) is 26.8 Å². The Morgan fingerprint density at radius 1 is 1.06 bits per heavy atom. The molecule has 0 aliphatic heterocycles. The molecule has 2 N–H and O–H groups in total. The van der Waals surface area contributed by atoms with Gasteiger partial charge in [-0.05, 0) is 132 Å². The average Bonchev–Trinajstić information content (AvgIpc) is 3.01. The second-order valence-corrected chi connectivity index (χ2v) is 12.7. The molecule has 4 rings (SSSR count). The maximum atomic E-state index is 13.0. The number of aliphatic hydroxyl groups excluding tert-OH is 1. The van der Waals surface area contributed by atoms with Gasteiger partial charge in [-0.1, -0.05) is 6.92 Å². The summed E-state index contributed by atoms with van der Waals surface area (Å²) < 4.78 is 5.25. The van der Waals surface area contributed by atoms with E-state index in [0.717, 1.165) is 44.1 Å². The van der Waals surface area contributed by atoms with Crippen LogP contribution >= 0.6 is 0 Å². The largest absolute Gasteiger partial charge is 0.508 e. The fourth-order valence-corrected chi connectivity index (χ4v) is 6.86. The summed E-state index contributed by atoms with van der Waals surface area (Å²) in [5.74, 6) is 0.606. The van der Waals surface area contributed by atoms with Crippen molar-refractivity contribution in [1.82, 2.24) is 0 Å². The molecule has 0 unspecified atom stereocenters. The lowest BCUT2D eigenvalue weighted by Crippen LogP contribution is -2.44. The second-order valence-electron chi connectivity index (χ2n) is 12.7. The molecule has 5 atom stereocenters. The summed E-state index contributed by atoms with van der Waals surface area (Å²) in [6.07, 6.45) is 6.19. The van der Waals surface area contributed by atoms with Crippen LogP contribution in [-0.2, 0) is 27.2 Å². The number of phenols is 1. The van der Waals surface area contributed by atoms with Crippen LogP contribution in [0.1, 0.15) is 96.3 Å². The van der Waals surface area contributed by atoms with Crippen LogP contribution in [0, 0.1) is 28.1 Å². The maximum absolute atomic E-state index is 13.0. The third kappa shape index (κ3) is 4.22. The number of aliphatic hydroxyl groups is 1. The van der Waals surface area contributed by atoms with Crippen LogP contribution in [0.25, 0.3) is 0 Å². The Morgan fingerprint density at radius 3 is 2.42 bits per heavy atom. The highest BCUT2D eigenvalue weighted by Crippen LogP contribution is 2.61. The van der Waals surface area contributed by atoms with Crippen molar-refractivity contribution in [3.05, 3.63) is 28.8 Å². The molecule has 2 saturated carbocycles. The Morgan fingerprint density at radius 2 is 1.76 bits per heavy atom. The van der Waals surface area contributed by atoms with Crippen molar-refractivity contribution in [2.24, 2.45) is 28.1 Å². The van der Waals surface area contributed by atoms with Gasteiger partial charge in [-0.15, -0.1) is 0 Å². The lowest BCUT2D eigenvalue weighted by Gasteiger charge is -2.50. The standard InChI is InChI=1S/C28H40O5/c1-26(2,3)24(31)33-25(32)27(4,5)15-17-14-18(29)13-16-7-8-19-20(23(16)17)11-12-28(6)21(19)9-10-22(28)30/h13-14,19-22,29-30H,7-12,15H2,1-6H3/t19-,20+,21+,22-,28+/m1/s1. The van der Waals surface area contributed by atoms with Gasteiger partial charge in [0.25, 0.3) is 0 Å². The third-order valence-corrected chi connectivity index (χ3v) is 8.82. The van der Waals surface area contributed by atoms with Crippen LogP contribution in [0.4, 0.5) is 0 Å². The zero-order valence-corrected chi connectivity index (χ0v) is 21.0. The number of aromatic hydroxyl groups is 1. The quantitative estimate of drug-likeness (QED) is 0.477. The van der Waals surface area contributed by atoms with Gasteiger partial charge < -0.3 is 14.9 Å². The first-order valence-electron chi connectivity index (χ1n) is 12.5. The molecule has 0 bridgehead atoms. The van der Waals surface area contributed by atoms with E-state index < -0.39 is 22.8 Å². The molecule has 0 heterocycles. The SMILES string of the molecule is CC(C)(C)C(=O)OC(=O)C(C)(C)Cc1cc(O)cc2c1[C@H]1CC[C@]3(C)[C@H](O)CC[C@H]3[C@@H]1CC2. The summed E-state index contributed by atoms with van der Waals surface area (Å²) in [6, 6.07) is 3.69. The number of fused-ring (bicyclic) bond motifs is 5. The van der Waals surface area contributed by atoms with Gasteiger partial charge in [0, 0.05) is 0 Å². The molecule has 0 radical (unpaired) electrons. The van der Waals surface area contributed by atoms with Crippen LogP contribution in [0.15, 0.2) is 12.1 Å². The summed E-state index contributed by atoms with van der Waals surface area (Å²) in [4.78, 5) is 25.3. The number of aryl methyl sites for hydroxylation is 1. The van der Waals surface area contributed by atoms with Gasteiger partial charge in [-0.2, -0.15) is 0 Å². The van der Waals surface area contributed by atoms with E-state index in [2.05, 4.69) is 6.92 Å². The third-order valence-electron chi connectivity index (χ3n) is 8.82. The van der Waals surface area contributed by atoms with Gasteiger partial charge in [0.2, 0.25) is 0 Å². The number of hydrogen-bond acceptors (Lipinski definition) is 5. The van der Waals surface area contributed by atoms with Crippen molar-refractivity contribution in [3.63, 3.8) is 0 Å². The Labute approximate surface area is 197 Å². The van der Waals surface area contributed by atoms with Gasteiger partial charge in [-0.3, -0.25) is 9.59 Å².